The van der Waals surface area contributed by atoms with Gasteiger partial charge in [-0.3, -0.25) is 4.90 Å². The van der Waals surface area contributed by atoms with Crippen LogP contribution in [-0.4, -0.2) is 68.3 Å². The van der Waals surface area contributed by atoms with Gasteiger partial charge in [0.25, 0.3) is 0 Å². The summed E-state index contributed by atoms with van der Waals surface area (Å²) in [7, 11) is 0. The number of ether oxygens (including phenoxy) is 1. The Labute approximate surface area is 90.4 Å². The highest BCUT2D eigenvalue weighted by Gasteiger charge is 2.19. The maximum atomic E-state index is 11.2. The van der Waals surface area contributed by atoms with Crippen molar-refractivity contribution in [3.8, 4) is 0 Å². The van der Waals surface area contributed by atoms with Crippen molar-refractivity contribution < 1.29 is 9.53 Å². The molecule has 0 atom stereocenters. The summed E-state index contributed by atoms with van der Waals surface area (Å²) in [6.45, 7) is 7.39. The normalized spacial score (nSPS) is 23.2. The van der Waals surface area contributed by atoms with E-state index in [1.54, 1.807) is 0 Å². The molecule has 2 fully saturated rings. The van der Waals surface area contributed by atoms with E-state index in [2.05, 4.69) is 10.2 Å². The lowest BCUT2D eigenvalue weighted by atomic mass is 10.3. The summed E-state index contributed by atoms with van der Waals surface area (Å²) >= 11 is 0. The van der Waals surface area contributed by atoms with Gasteiger partial charge in [0.2, 0.25) is 0 Å². The first kappa shape index (κ1) is 10.7. The molecular formula is C10H19N3O2. The Hall–Kier alpha value is -0.810. The van der Waals surface area contributed by atoms with E-state index in [0.29, 0.717) is 0 Å². The summed E-state index contributed by atoms with van der Waals surface area (Å²) in [6, 6.07) is 0.0944. The van der Waals surface area contributed by atoms with E-state index in [-0.39, 0.29) is 6.03 Å². The monoisotopic (exact) mass is 213 g/mol. The quantitative estimate of drug-likeness (QED) is 0.699. The lowest BCUT2D eigenvalue weighted by Crippen LogP contribution is -2.38. The van der Waals surface area contributed by atoms with Crippen molar-refractivity contribution in [1.82, 2.24) is 15.1 Å². The molecule has 2 heterocycles. The largest absolute Gasteiger partial charge is 0.379 e. The lowest BCUT2D eigenvalue weighted by molar-refractivity contribution is 0.0367. The Morgan fingerprint density at radius 3 is 2.67 bits per heavy atom. The second kappa shape index (κ2) is 5.32. The van der Waals surface area contributed by atoms with Crippen molar-refractivity contribution in [3.63, 3.8) is 0 Å². The molecule has 2 aliphatic rings. The minimum atomic E-state index is 0.0944. The molecule has 0 aliphatic carbocycles. The minimum Gasteiger partial charge on any atom is -0.379 e. The fourth-order valence-corrected chi connectivity index (χ4v) is 2.03. The molecule has 0 spiro atoms. The maximum absolute atomic E-state index is 11.2. The number of nitrogens with zero attached hydrogens (tertiary/aromatic N) is 2. The number of hydrogen-bond acceptors (Lipinski definition) is 3. The van der Waals surface area contributed by atoms with Crippen LogP contribution in [0.5, 0.6) is 0 Å². The van der Waals surface area contributed by atoms with Gasteiger partial charge >= 0.3 is 6.03 Å². The van der Waals surface area contributed by atoms with E-state index >= 15 is 0 Å². The van der Waals surface area contributed by atoms with Gasteiger partial charge in [-0.1, -0.05) is 0 Å². The van der Waals surface area contributed by atoms with Crippen LogP contribution in [0.4, 0.5) is 4.79 Å². The van der Waals surface area contributed by atoms with Crippen LogP contribution in [0.2, 0.25) is 0 Å². The molecule has 2 aliphatic heterocycles. The molecule has 1 N–H and O–H groups in total. The van der Waals surface area contributed by atoms with E-state index in [4.69, 9.17) is 4.74 Å². The number of hydrogen-bond donors (Lipinski definition) is 1. The first-order chi connectivity index (χ1) is 7.36. The molecule has 0 unspecified atom stereocenters. The number of nitrogens with one attached hydrogen (secondary N) is 1. The van der Waals surface area contributed by atoms with Crippen LogP contribution in [0.25, 0.3) is 0 Å². The van der Waals surface area contributed by atoms with Gasteiger partial charge in [0.05, 0.1) is 13.2 Å². The van der Waals surface area contributed by atoms with Crippen molar-refractivity contribution in [2.45, 2.75) is 6.42 Å². The molecule has 0 aromatic carbocycles. The van der Waals surface area contributed by atoms with Crippen LogP contribution in [0, 0.1) is 0 Å². The zero-order valence-corrected chi connectivity index (χ0v) is 9.07. The lowest BCUT2D eigenvalue weighted by Gasteiger charge is -2.27. The topological polar surface area (TPSA) is 44.8 Å². The van der Waals surface area contributed by atoms with Gasteiger partial charge < -0.3 is 15.0 Å². The zero-order chi connectivity index (χ0) is 10.5. The molecule has 5 nitrogen and oxygen atoms in total. The molecule has 2 rings (SSSR count). The molecule has 0 bridgehead atoms. The zero-order valence-electron chi connectivity index (χ0n) is 9.07. The highest BCUT2D eigenvalue weighted by molar-refractivity contribution is 5.76. The first-order valence-corrected chi connectivity index (χ1v) is 5.69. The Morgan fingerprint density at radius 1 is 1.20 bits per heavy atom. The van der Waals surface area contributed by atoms with Crippen LogP contribution in [0.1, 0.15) is 6.42 Å². The molecule has 15 heavy (non-hydrogen) atoms. The number of urea groups is 1. The molecule has 0 aromatic heterocycles. The maximum Gasteiger partial charge on any atom is 0.317 e. The third-order valence-electron chi connectivity index (χ3n) is 2.95. The highest BCUT2D eigenvalue weighted by Crippen LogP contribution is 2.01. The molecule has 86 valence electrons. The Balaban J connectivity index is 1.59. The highest BCUT2D eigenvalue weighted by atomic mass is 16.5. The van der Waals surface area contributed by atoms with Crippen molar-refractivity contribution in [2.75, 3.05) is 52.5 Å². The molecule has 0 aromatic rings. The average molecular weight is 213 g/mol. The molecule has 0 radical (unpaired) electrons. The van der Waals surface area contributed by atoms with E-state index < -0.39 is 0 Å². The van der Waals surface area contributed by atoms with Crippen molar-refractivity contribution in [1.29, 1.82) is 0 Å². The second-order valence-electron chi connectivity index (χ2n) is 4.03. The number of rotatable bonds is 4. The van der Waals surface area contributed by atoms with E-state index in [0.717, 1.165) is 58.9 Å². The van der Waals surface area contributed by atoms with Crippen LogP contribution in [-0.2, 0) is 4.74 Å². The summed E-state index contributed by atoms with van der Waals surface area (Å²) in [6.07, 6.45) is 1.06. The molecule has 2 amide bonds. The van der Waals surface area contributed by atoms with Gasteiger partial charge in [0, 0.05) is 39.3 Å². The Kier molecular flexibility index (Phi) is 3.80. The third kappa shape index (κ3) is 3.07. The van der Waals surface area contributed by atoms with E-state index in [9.17, 15) is 4.79 Å². The predicted octanol–water partition coefficient (Wildman–Crippen LogP) is -0.266. The van der Waals surface area contributed by atoms with Gasteiger partial charge in [-0.15, -0.1) is 0 Å². The summed E-state index contributed by atoms with van der Waals surface area (Å²) in [4.78, 5) is 15.5. The van der Waals surface area contributed by atoms with Gasteiger partial charge in [0.15, 0.2) is 0 Å². The minimum absolute atomic E-state index is 0.0944. The fraction of sp³-hybridized carbons (Fsp3) is 0.900. The Bertz CT molecular complexity index is 217. The summed E-state index contributed by atoms with van der Waals surface area (Å²) in [5, 5.41) is 2.81. The average Bonchev–Trinajstić information content (AvgIpc) is 2.66. The standard InChI is InChI=1S/C10H19N3O2/c14-10-11-2-5-13(10)4-1-3-12-6-8-15-9-7-12/h1-9H2,(H,11,14). The van der Waals surface area contributed by atoms with Gasteiger partial charge in [-0.25, -0.2) is 4.79 Å². The van der Waals surface area contributed by atoms with Gasteiger partial charge in [-0.2, -0.15) is 0 Å². The summed E-state index contributed by atoms with van der Waals surface area (Å²) < 4.78 is 5.28. The smallest absolute Gasteiger partial charge is 0.317 e. The Morgan fingerprint density at radius 2 is 2.00 bits per heavy atom. The van der Waals surface area contributed by atoms with Crippen molar-refractivity contribution in [2.24, 2.45) is 0 Å². The predicted molar refractivity (Wildman–Crippen MR) is 56.8 cm³/mol. The van der Waals surface area contributed by atoms with E-state index in [1.165, 1.54) is 0 Å². The van der Waals surface area contributed by atoms with E-state index in [1.807, 2.05) is 4.90 Å². The summed E-state index contributed by atoms with van der Waals surface area (Å²) in [5.74, 6) is 0. The van der Waals surface area contributed by atoms with Crippen molar-refractivity contribution in [3.05, 3.63) is 0 Å². The molecular weight excluding hydrogens is 194 g/mol. The molecule has 0 saturated carbocycles. The number of carbonyl (C=O) groups excluding carboxylic acids is 1. The van der Waals surface area contributed by atoms with Crippen LogP contribution in [0.15, 0.2) is 0 Å². The number of amides is 2. The molecule has 2 saturated heterocycles. The van der Waals surface area contributed by atoms with Crippen molar-refractivity contribution >= 4 is 6.03 Å². The SMILES string of the molecule is O=C1NCCN1CCCN1CCOCC1. The van der Waals surface area contributed by atoms with Crippen LogP contribution in [0.3, 0.4) is 0 Å². The second-order valence-corrected chi connectivity index (χ2v) is 4.03. The fourth-order valence-electron chi connectivity index (χ4n) is 2.03. The summed E-state index contributed by atoms with van der Waals surface area (Å²) in [5.41, 5.74) is 0. The number of carbonyl (C=O) groups is 1. The third-order valence-corrected chi connectivity index (χ3v) is 2.95. The van der Waals surface area contributed by atoms with Gasteiger partial charge in [0.1, 0.15) is 0 Å². The number of morpholine rings is 1. The molecule has 5 heteroatoms. The van der Waals surface area contributed by atoms with Crippen LogP contribution >= 0.6 is 0 Å². The first-order valence-electron chi connectivity index (χ1n) is 5.69. The van der Waals surface area contributed by atoms with Gasteiger partial charge in [-0.05, 0) is 6.42 Å². The van der Waals surface area contributed by atoms with Crippen LogP contribution < -0.4 is 5.32 Å².